The molecule has 106 valence electrons. The van der Waals surface area contributed by atoms with E-state index >= 15 is 0 Å². The third-order valence-electron chi connectivity index (χ3n) is 3.78. The first-order valence-corrected chi connectivity index (χ1v) is 6.99. The van der Waals surface area contributed by atoms with Crippen LogP contribution in [0.15, 0.2) is 28.8 Å². The minimum atomic E-state index is -0.412. The summed E-state index contributed by atoms with van der Waals surface area (Å²) >= 11 is 0. The SMILES string of the molecule is CC1(c2noc(-c3ccccc3CCN)n2)CCCO1. The van der Waals surface area contributed by atoms with Gasteiger partial charge in [0.15, 0.2) is 0 Å². The van der Waals surface area contributed by atoms with Crippen molar-refractivity contribution in [2.75, 3.05) is 13.2 Å². The predicted octanol–water partition coefficient (Wildman–Crippen LogP) is 2.26. The molecule has 1 fully saturated rings. The Morgan fingerprint density at radius 1 is 1.35 bits per heavy atom. The van der Waals surface area contributed by atoms with E-state index in [9.17, 15) is 0 Å². The van der Waals surface area contributed by atoms with Gasteiger partial charge in [0, 0.05) is 12.2 Å². The first-order chi connectivity index (χ1) is 9.73. The maximum atomic E-state index is 5.75. The molecule has 3 rings (SSSR count). The van der Waals surface area contributed by atoms with Gasteiger partial charge in [0.1, 0.15) is 5.60 Å². The zero-order valence-corrected chi connectivity index (χ0v) is 11.6. The van der Waals surface area contributed by atoms with Crippen LogP contribution in [0.25, 0.3) is 11.5 Å². The van der Waals surface area contributed by atoms with E-state index in [1.807, 2.05) is 31.2 Å². The highest BCUT2D eigenvalue weighted by molar-refractivity contribution is 5.58. The minimum absolute atomic E-state index is 0.412. The Balaban J connectivity index is 1.94. The molecule has 1 aromatic heterocycles. The van der Waals surface area contributed by atoms with E-state index in [-0.39, 0.29) is 0 Å². The smallest absolute Gasteiger partial charge is 0.258 e. The van der Waals surface area contributed by atoms with Crippen LogP contribution in [-0.4, -0.2) is 23.3 Å². The highest BCUT2D eigenvalue weighted by Gasteiger charge is 2.36. The molecule has 0 radical (unpaired) electrons. The average Bonchev–Trinajstić information content (AvgIpc) is 3.09. The molecule has 2 N–H and O–H groups in total. The summed E-state index contributed by atoms with van der Waals surface area (Å²) in [6.45, 7) is 3.36. The largest absolute Gasteiger partial charge is 0.367 e. The molecule has 1 atom stereocenters. The van der Waals surface area contributed by atoms with Crippen molar-refractivity contribution in [2.45, 2.75) is 31.8 Å². The quantitative estimate of drug-likeness (QED) is 0.925. The fourth-order valence-corrected chi connectivity index (χ4v) is 2.61. The van der Waals surface area contributed by atoms with Gasteiger partial charge < -0.3 is 15.0 Å². The van der Waals surface area contributed by atoms with Crippen molar-refractivity contribution < 1.29 is 9.26 Å². The van der Waals surface area contributed by atoms with Crippen molar-refractivity contribution in [3.05, 3.63) is 35.7 Å². The van der Waals surface area contributed by atoms with E-state index in [4.69, 9.17) is 15.0 Å². The molecule has 2 aromatic rings. The maximum Gasteiger partial charge on any atom is 0.258 e. The number of hydrogen-bond acceptors (Lipinski definition) is 5. The average molecular weight is 273 g/mol. The predicted molar refractivity (Wildman–Crippen MR) is 75.0 cm³/mol. The van der Waals surface area contributed by atoms with Gasteiger partial charge in [-0.1, -0.05) is 23.4 Å². The summed E-state index contributed by atoms with van der Waals surface area (Å²) in [6.07, 6.45) is 2.75. The highest BCUT2D eigenvalue weighted by atomic mass is 16.5. The normalized spacial score (nSPS) is 22.3. The number of aromatic nitrogens is 2. The van der Waals surface area contributed by atoms with E-state index < -0.39 is 5.60 Å². The standard InChI is InChI=1S/C15H19N3O2/c1-15(8-4-10-19-15)14-17-13(20-18-14)12-6-3-2-5-11(12)7-9-16/h2-3,5-6H,4,7-10,16H2,1H3. The lowest BCUT2D eigenvalue weighted by molar-refractivity contribution is 0.00768. The molecule has 1 aliphatic heterocycles. The molecule has 20 heavy (non-hydrogen) atoms. The molecule has 1 unspecified atom stereocenters. The van der Waals surface area contributed by atoms with Crippen LogP contribution in [0.2, 0.25) is 0 Å². The molecule has 1 aromatic carbocycles. The van der Waals surface area contributed by atoms with Gasteiger partial charge in [-0.3, -0.25) is 0 Å². The van der Waals surface area contributed by atoms with E-state index in [2.05, 4.69) is 10.1 Å². The number of hydrogen-bond donors (Lipinski definition) is 1. The third kappa shape index (κ3) is 2.34. The maximum absolute atomic E-state index is 5.75. The molecule has 5 heteroatoms. The van der Waals surface area contributed by atoms with Gasteiger partial charge >= 0.3 is 0 Å². The molecule has 0 spiro atoms. The number of nitrogens with zero attached hydrogens (tertiary/aromatic N) is 2. The zero-order chi connectivity index (χ0) is 14.0. The summed E-state index contributed by atoms with van der Waals surface area (Å²) in [5, 5.41) is 4.11. The topological polar surface area (TPSA) is 74.2 Å². The van der Waals surface area contributed by atoms with Crippen molar-refractivity contribution in [3.8, 4) is 11.5 Å². The fourth-order valence-electron chi connectivity index (χ4n) is 2.61. The second kappa shape index (κ2) is 5.34. The Bertz CT molecular complexity index is 588. The van der Waals surface area contributed by atoms with Gasteiger partial charge in [-0.2, -0.15) is 4.98 Å². The first kappa shape index (κ1) is 13.3. The number of benzene rings is 1. The fraction of sp³-hybridized carbons (Fsp3) is 0.467. The van der Waals surface area contributed by atoms with Gasteiger partial charge in [-0.25, -0.2) is 0 Å². The highest BCUT2D eigenvalue weighted by Crippen LogP contribution is 2.35. The van der Waals surface area contributed by atoms with Crippen LogP contribution in [-0.2, 0) is 16.8 Å². The van der Waals surface area contributed by atoms with Crippen molar-refractivity contribution in [1.29, 1.82) is 0 Å². The van der Waals surface area contributed by atoms with Crippen LogP contribution in [0.1, 0.15) is 31.2 Å². The van der Waals surface area contributed by atoms with Gasteiger partial charge in [0.25, 0.3) is 5.89 Å². The molecular formula is C15H19N3O2. The molecule has 0 amide bonds. The number of nitrogens with two attached hydrogens (primary N) is 1. The van der Waals surface area contributed by atoms with Gasteiger partial charge in [-0.05, 0) is 44.4 Å². The van der Waals surface area contributed by atoms with E-state index in [1.54, 1.807) is 0 Å². The molecule has 1 saturated heterocycles. The Hall–Kier alpha value is -1.72. The Morgan fingerprint density at radius 2 is 2.20 bits per heavy atom. The lowest BCUT2D eigenvalue weighted by atomic mass is 10.0. The lowest BCUT2D eigenvalue weighted by Gasteiger charge is -2.17. The molecule has 1 aliphatic rings. The van der Waals surface area contributed by atoms with Crippen LogP contribution < -0.4 is 5.73 Å². The van der Waals surface area contributed by atoms with Crippen molar-refractivity contribution in [3.63, 3.8) is 0 Å². The Morgan fingerprint density at radius 3 is 2.95 bits per heavy atom. The molecular weight excluding hydrogens is 254 g/mol. The number of ether oxygens (including phenoxy) is 1. The Labute approximate surface area is 118 Å². The summed E-state index contributed by atoms with van der Waals surface area (Å²) in [4.78, 5) is 4.53. The Kier molecular flexibility index (Phi) is 3.54. The van der Waals surface area contributed by atoms with Crippen LogP contribution in [0.4, 0.5) is 0 Å². The third-order valence-corrected chi connectivity index (χ3v) is 3.78. The van der Waals surface area contributed by atoms with Crippen LogP contribution >= 0.6 is 0 Å². The van der Waals surface area contributed by atoms with Crippen LogP contribution in [0.5, 0.6) is 0 Å². The molecule has 0 aliphatic carbocycles. The van der Waals surface area contributed by atoms with Gasteiger partial charge in [0.05, 0.1) is 0 Å². The first-order valence-electron chi connectivity index (χ1n) is 6.99. The number of rotatable bonds is 4. The summed E-state index contributed by atoms with van der Waals surface area (Å²) in [6, 6.07) is 7.99. The molecule has 2 heterocycles. The molecule has 0 bridgehead atoms. The zero-order valence-electron chi connectivity index (χ0n) is 11.6. The second-order valence-electron chi connectivity index (χ2n) is 5.30. The van der Waals surface area contributed by atoms with E-state index in [1.165, 1.54) is 0 Å². The lowest BCUT2D eigenvalue weighted by Crippen LogP contribution is -2.21. The van der Waals surface area contributed by atoms with Crippen molar-refractivity contribution in [2.24, 2.45) is 5.73 Å². The van der Waals surface area contributed by atoms with E-state index in [0.717, 1.165) is 37.0 Å². The minimum Gasteiger partial charge on any atom is -0.367 e. The van der Waals surface area contributed by atoms with Crippen LogP contribution in [0.3, 0.4) is 0 Å². The van der Waals surface area contributed by atoms with Crippen molar-refractivity contribution in [1.82, 2.24) is 10.1 Å². The summed E-state index contributed by atoms with van der Waals surface area (Å²) in [5.41, 5.74) is 7.32. The molecule has 5 nitrogen and oxygen atoms in total. The summed E-state index contributed by atoms with van der Waals surface area (Å²) in [7, 11) is 0. The summed E-state index contributed by atoms with van der Waals surface area (Å²) in [5.74, 6) is 1.17. The second-order valence-corrected chi connectivity index (χ2v) is 5.30. The molecule has 0 saturated carbocycles. The van der Waals surface area contributed by atoms with E-state index in [0.29, 0.717) is 18.3 Å². The van der Waals surface area contributed by atoms with Crippen LogP contribution in [0, 0.1) is 0 Å². The van der Waals surface area contributed by atoms with Gasteiger partial charge in [0.2, 0.25) is 5.82 Å². The monoisotopic (exact) mass is 273 g/mol. The van der Waals surface area contributed by atoms with Gasteiger partial charge in [-0.15, -0.1) is 0 Å². The summed E-state index contributed by atoms with van der Waals surface area (Å²) < 4.78 is 11.2. The van der Waals surface area contributed by atoms with Crippen molar-refractivity contribution >= 4 is 0 Å².